The predicted molar refractivity (Wildman–Crippen MR) is 76.0 cm³/mol. The van der Waals surface area contributed by atoms with Crippen LogP contribution in [0.1, 0.15) is 12.0 Å². The van der Waals surface area contributed by atoms with Crippen LogP contribution in [0.2, 0.25) is 10.0 Å². The fourth-order valence-corrected chi connectivity index (χ4v) is 2.15. The third-order valence-electron chi connectivity index (χ3n) is 2.37. The van der Waals surface area contributed by atoms with Crippen LogP contribution in [0.5, 0.6) is 5.75 Å². The van der Waals surface area contributed by atoms with Gasteiger partial charge in [-0.25, -0.2) is 0 Å². The van der Waals surface area contributed by atoms with Crippen molar-refractivity contribution in [1.82, 2.24) is 5.32 Å². The number of carboxylic acid groups (broad SMARTS) is 1. The zero-order valence-corrected chi connectivity index (χ0v) is 12.1. The number of phenols is 1. The number of rotatable bonds is 6. The number of hydrogen-bond donors (Lipinski definition) is 3. The van der Waals surface area contributed by atoms with Crippen molar-refractivity contribution in [1.29, 1.82) is 0 Å². The molecule has 1 atom stereocenters. The van der Waals surface area contributed by atoms with Gasteiger partial charge in [0, 0.05) is 28.6 Å². The molecule has 0 spiro atoms. The van der Waals surface area contributed by atoms with E-state index in [-0.39, 0.29) is 28.8 Å². The van der Waals surface area contributed by atoms with Gasteiger partial charge in [-0.3, -0.25) is 10.1 Å². The second-order valence-electron chi connectivity index (χ2n) is 3.89. The highest BCUT2D eigenvalue weighted by atomic mass is 35.5. The number of aliphatic carboxylic acids is 1. The van der Waals surface area contributed by atoms with E-state index in [1.54, 1.807) is 0 Å². The van der Waals surface area contributed by atoms with Crippen molar-refractivity contribution in [2.75, 3.05) is 0 Å². The lowest BCUT2D eigenvalue weighted by atomic mass is 10.1. The van der Waals surface area contributed by atoms with Crippen LogP contribution >= 0.6 is 34.8 Å². The van der Waals surface area contributed by atoms with Gasteiger partial charge in [-0.1, -0.05) is 41.4 Å². The highest BCUT2D eigenvalue weighted by molar-refractivity contribution is 6.35. The Labute approximate surface area is 125 Å². The Kier molecular flexibility index (Phi) is 5.94. The first-order chi connectivity index (χ1) is 8.81. The normalized spacial score (nSPS) is 12.2. The number of carbonyl (C=O) groups is 1. The van der Waals surface area contributed by atoms with E-state index in [1.807, 2.05) is 0 Å². The lowest BCUT2D eigenvalue weighted by Crippen LogP contribution is -2.36. The summed E-state index contributed by atoms with van der Waals surface area (Å²) >= 11 is 17.2. The third-order valence-corrected chi connectivity index (χ3v) is 3.03. The summed E-state index contributed by atoms with van der Waals surface area (Å²) in [4.78, 5) is 11.0. The molecule has 1 aromatic rings. The monoisotopic (exact) mass is 323 g/mol. The van der Waals surface area contributed by atoms with E-state index in [1.165, 1.54) is 12.1 Å². The Balaban J connectivity index is 2.79. The summed E-state index contributed by atoms with van der Waals surface area (Å²) in [5.41, 5.74) is 0.406. The summed E-state index contributed by atoms with van der Waals surface area (Å²) < 4.78 is 0. The van der Waals surface area contributed by atoms with Crippen LogP contribution in [0, 0.1) is 0 Å². The van der Waals surface area contributed by atoms with E-state index in [2.05, 4.69) is 11.9 Å². The van der Waals surface area contributed by atoms with Gasteiger partial charge in [0.1, 0.15) is 11.8 Å². The molecule has 0 bridgehead atoms. The van der Waals surface area contributed by atoms with E-state index in [9.17, 15) is 9.90 Å². The molecule has 0 saturated carbocycles. The Morgan fingerprint density at radius 3 is 2.58 bits per heavy atom. The second kappa shape index (κ2) is 7.01. The SMILES string of the molecule is C=C(Cl)CC(NCc1cc(Cl)cc(Cl)c1O)C(=O)O. The number of nitrogens with one attached hydrogen (secondary N) is 1. The minimum Gasteiger partial charge on any atom is -0.506 e. The van der Waals surface area contributed by atoms with E-state index in [0.717, 1.165) is 0 Å². The predicted octanol–water partition coefficient (Wildman–Crippen LogP) is 3.38. The minimum absolute atomic E-state index is 0.0753. The number of carboxylic acids is 1. The quantitative estimate of drug-likeness (QED) is 0.750. The van der Waals surface area contributed by atoms with Gasteiger partial charge < -0.3 is 10.2 Å². The lowest BCUT2D eigenvalue weighted by Gasteiger charge is -2.15. The molecule has 19 heavy (non-hydrogen) atoms. The molecule has 0 saturated heterocycles. The molecule has 0 fully saturated rings. The van der Waals surface area contributed by atoms with Gasteiger partial charge in [0.05, 0.1) is 5.02 Å². The molecule has 104 valence electrons. The number of aromatic hydroxyl groups is 1. The van der Waals surface area contributed by atoms with Gasteiger partial charge in [0.15, 0.2) is 0 Å². The zero-order chi connectivity index (χ0) is 14.6. The number of phenolic OH excluding ortho intramolecular Hbond substituents is 1. The van der Waals surface area contributed by atoms with Gasteiger partial charge in [0.2, 0.25) is 0 Å². The van der Waals surface area contributed by atoms with Crippen molar-refractivity contribution in [3.05, 3.63) is 39.4 Å². The summed E-state index contributed by atoms with van der Waals surface area (Å²) in [6, 6.07) is 2.00. The summed E-state index contributed by atoms with van der Waals surface area (Å²) in [5, 5.41) is 22.2. The number of hydrogen-bond acceptors (Lipinski definition) is 3. The maximum absolute atomic E-state index is 11.0. The van der Waals surface area contributed by atoms with Crippen LogP contribution in [0.25, 0.3) is 0 Å². The molecule has 3 N–H and O–H groups in total. The third kappa shape index (κ3) is 4.91. The molecule has 0 aliphatic rings. The number of benzene rings is 1. The maximum Gasteiger partial charge on any atom is 0.321 e. The maximum atomic E-state index is 11.0. The largest absolute Gasteiger partial charge is 0.506 e. The minimum atomic E-state index is -1.06. The molecule has 0 aliphatic carbocycles. The van der Waals surface area contributed by atoms with Gasteiger partial charge in [-0.2, -0.15) is 0 Å². The topological polar surface area (TPSA) is 69.6 Å². The Bertz CT molecular complexity index is 505. The van der Waals surface area contributed by atoms with Gasteiger partial charge in [0.25, 0.3) is 0 Å². The Morgan fingerprint density at radius 2 is 2.05 bits per heavy atom. The van der Waals surface area contributed by atoms with Crippen molar-refractivity contribution in [2.24, 2.45) is 0 Å². The van der Waals surface area contributed by atoms with Crippen molar-refractivity contribution in [3.63, 3.8) is 0 Å². The van der Waals surface area contributed by atoms with Gasteiger partial charge in [-0.05, 0) is 12.1 Å². The summed E-state index contributed by atoms with van der Waals surface area (Å²) in [6.07, 6.45) is 0.0753. The fraction of sp³-hybridized carbons (Fsp3) is 0.250. The van der Waals surface area contributed by atoms with E-state index >= 15 is 0 Å². The molecule has 0 radical (unpaired) electrons. The van der Waals surface area contributed by atoms with Crippen molar-refractivity contribution in [3.8, 4) is 5.75 Å². The molecule has 1 unspecified atom stereocenters. The van der Waals surface area contributed by atoms with Crippen LogP contribution in [-0.4, -0.2) is 22.2 Å². The first kappa shape index (κ1) is 16.1. The van der Waals surface area contributed by atoms with Crippen molar-refractivity contribution >= 4 is 40.8 Å². The second-order valence-corrected chi connectivity index (χ2v) is 5.27. The molecule has 0 heterocycles. The van der Waals surface area contributed by atoms with Crippen LogP contribution in [0.4, 0.5) is 0 Å². The molecule has 4 nitrogen and oxygen atoms in total. The fourth-order valence-electron chi connectivity index (χ4n) is 1.46. The highest BCUT2D eigenvalue weighted by Crippen LogP contribution is 2.31. The lowest BCUT2D eigenvalue weighted by molar-refractivity contribution is -0.139. The molecular formula is C12H12Cl3NO3. The summed E-state index contributed by atoms with van der Waals surface area (Å²) in [6.45, 7) is 3.54. The van der Waals surface area contributed by atoms with E-state index in [4.69, 9.17) is 39.9 Å². The van der Waals surface area contributed by atoms with E-state index < -0.39 is 12.0 Å². The first-order valence-electron chi connectivity index (χ1n) is 5.27. The molecular weight excluding hydrogens is 312 g/mol. The first-order valence-corrected chi connectivity index (χ1v) is 6.41. The molecule has 0 aromatic heterocycles. The molecule has 0 aliphatic heterocycles. The molecule has 1 aromatic carbocycles. The Hall–Kier alpha value is -0.940. The summed E-state index contributed by atoms with van der Waals surface area (Å²) in [7, 11) is 0. The number of halogens is 3. The average molecular weight is 325 g/mol. The highest BCUT2D eigenvalue weighted by Gasteiger charge is 2.18. The van der Waals surface area contributed by atoms with Crippen LogP contribution in [-0.2, 0) is 11.3 Å². The smallest absolute Gasteiger partial charge is 0.321 e. The van der Waals surface area contributed by atoms with Gasteiger partial charge >= 0.3 is 5.97 Å². The Morgan fingerprint density at radius 1 is 1.42 bits per heavy atom. The van der Waals surface area contributed by atoms with Crippen LogP contribution in [0.3, 0.4) is 0 Å². The van der Waals surface area contributed by atoms with Crippen LogP contribution in [0.15, 0.2) is 23.7 Å². The molecule has 7 heteroatoms. The average Bonchev–Trinajstić information content (AvgIpc) is 2.29. The molecule has 1 rings (SSSR count). The van der Waals surface area contributed by atoms with Gasteiger partial charge in [-0.15, -0.1) is 0 Å². The van der Waals surface area contributed by atoms with Crippen molar-refractivity contribution < 1.29 is 15.0 Å². The molecule has 0 amide bonds. The standard InChI is InChI=1S/C12H12Cl3NO3/c1-6(13)2-10(12(18)19)16-5-7-3-8(14)4-9(15)11(7)17/h3-4,10,16-17H,1-2,5H2,(H,18,19). The summed E-state index contributed by atoms with van der Waals surface area (Å²) in [5.74, 6) is -1.19. The van der Waals surface area contributed by atoms with Crippen molar-refractivity contribution in [2.45, 2.75) is 19.0 Å². The van der Waals surface area contributed by atoms with Crippen LogP contribution < -0.4 is 5.32 Å². The zero-order valence-electron chi connectivity index (χ0n) is 9.79. The van der Waals surface area contributed by atoms with E-state index in [0.29, 0.717) is 10.6 Å².